The number of nitro groups is 1. The lowest BCUT2D eigenvalue weighted by atomic mass is 10.1. The molecule has 0 aromatic heterocycles. The quantitative estimate of drug-likeness (QED) is 0.620. The van der Waals surface area contributed by atoms with Crippen molar-refractivity contribution in [3.05, 3.63) is 45.5 Å². The second-order valence-electron chi connectivity index (χ2n) is 4.54. The van der Waals surface area contributed by atoms with Crippen molar-refractivity contribution in [1.29, 1.82) is 0 Å². The molecule has 0 atom stereocenters. The first-order chi connectivity index (χ1) is 8.52. The van der Waals surface area contributed by atoms with E-state index in [1.54, 1.807) is 12.1 Å². The molecule has 0 aliphatic rings. The van der Waals surface area contributed by atoms with E-state index in [9.17, 15) is 10.1 Å². The fourth-order valence-electron chi connectivity index (χ4n) is 1.58. The van der Waals surface area contributed by atoms with Gasteiger partial charge in [0.05, 0.1) is 4.92 Å². The lowest BCUT2D eigenvalue weighted by Crippen LogP contribution is -2.24. The van der Waals surface area contributed by atoms with Crippen molar-refractivity contribution in [3.8, 4) is 0 Å². The van der Waals surface area contributed by atoms with Gasteiger partial charge in [-0.2, -0.15) is 0 Å². The summed E-state index contributed by atoms with van der Waals surface area (Å²) in [5, 5.41) is 14.0. The molecule has 1 aromatic rings. The van der Waals surface area contributed by atoms with Crippen molar-refractivity contribution in [3.63, 3.8) is 0 Å². The fraction of sp³-hybridized carbons (Fsp3) is 0.429. The molecule has 0 spiro atoms. The third kappa shape index (κ3) is 4.67. The van der Waals surface area contributed by atoms with Gasteiger partial charge in [-0.25, -0.2) is 0 Å². The average Bonchev–Trinajstić information content (AvgIpc) is 2.34. The maximum absolute atomic E-state index is 10.7. The molecule has 1 aromatic carbocycles. The highest BCUT2D eigenvalue weighted by Gasteiger charge is 2.05. The lowest BCUT2D eigenvalue weighted by Gasteiger charge is -2.10. The van der Waals surface area contributed by atoms with Gasteiger partial charge in [0.1, 0.15) is 0 Å². The molecule has 0 fully saturated rings. The van der Waals surface area contributed by atoms with Gasteiger partial charge in [-0.15, -0.1) is 0 Å². The van der Waals surface area contributed by atoms with E-state index in [4.69, 9.17) is 0 Å². The smallest absolute Gasteiger partial charge is 0.270 e. The molecule has 1 rings (SSSR count). The van der Waals surface area contributed by atoms with Crippen molar-refractivity contribution < 1.29 is 4.92 Å². The van der Waals surface area contributed by atoms with E-state index >= 15 is 0 Å². The van der Waals surface area contributed by atoms with Gasteiger partial charge < -0.3 is 5.32 Å². The van der Waals surface area contributed by atoms with Gasteiger partial charge in [0.15, 0.2) is 0 Å². The summed E-state index contributed by atoms with van der Waals surface area (Å²) < 4.78 is 0. The Labute approximate surface area is 108 Å². The average molecular weight is 248 g/mol. The number of hydrogen-bond donors (Lipinski definition) is 1. The van der Waals surface area contributed by atoms with Crippen LogP contribution in [0, 0.1) is 10.1 Å². The molecule has 1 N–H and O–H groups in total. The highest BCUT2D eigenvalue weighted by atomic mass is 16.6. The van der Waals surface area contributed by atoms with Crippen LogP contribution in [0.1, 0.15) is 32.8 Å². The first kappa shape index (κ1) is 14.4. The Morgan fingerprint density at radius 3 is 2.78 bits per heavy atom. The van der Waals surface area contributed by atoms with E-state index in [1.165, 1.54) is 11.6 Å². The van der Waals surface area contributed by atoms with Crippen LogP contribution < -0.4 is 5.32 Å². The molecule has 98 valence electrons. The maximum Gasteiger partial charge on any atom is 0.270 e. The van der Waals surface area contributed by atoms with E-state index in [1.807, 2.05) is 12.1 Å². The molecule has 0 unspecified atom stereocenters. The van der Waals surface area contributed by atoms with E-state index in [0.717, 1.165) is 18.5 Å². The van der Waals surface area contributed by atoms with Crippen molar-refractivity contribution in [2.75, 3.05) is 6.54 Å². The Hall–Kier alpha value is -1.68. The summed E-state index contributed by atoms with van der Waals surface area (Å²) in [4.78, 5) is 10.3. The molecule has 4 nitrogen and oxygen atoms in total. The topological polar surface area (TPSA) is 55.2 Å². The van der Waals surface area contributed by atoms with Crippen molar-refractivity contribution >= 4 is 11.8 Å². The van der Waals surface area contributed by atoms with Gasteiger partial charge >= 0.3 is 0 Å². The molecule has 0 heterocycles. The highest BCUT2D eigenvalue weighted by Crippen LogP contribution is 2.16. The summed E-state index contributed by atoms with van der Waals surface area (Å²) in [5.41, 5.74) is 2.26. The van der Waals surface area contributed by atoms with Gasteiger partial charge in [-0.3, -0.25) is 10.1 Å². The molecule has 4 heteroatoms. The Morgan fingerprint density at radius 2 is 2.22 bits per heavy atom. The van der Waals surface area contributed by atoms with Crippen LogP contribution in [0.3, 0.4) is 0 Å². The number of non-ortho nitro benzene ring substituents is 1. The van der Waals surface area contributed by atoms with Gasteiger partial charge in [0.25, 0.3) is 5.69 Å². The predicted octanol–water partition coefficient (Wildman–Crippen LogP) is 3.39. The SMILES string of the molecule is CCC(=Cc1cccc([N+](=O)[O-])c1)CNC(C)C. The zero-order valence-corrected chi connectivity index (χ0v) is 11.1. The molecule has 0 aliphatic carbocycles. The van der Waals surface area contributed by atoms with E-state index in [0.29, 0.717) is 6.04 Å². The van der Waals surface area contributed by atoms with Crippen LogP contribution in [-0.4, -0.2) is 17.5 Å². The second-order valence-corrected chi connectivity index (χ2v) is 4.54. The second kappa shape index (κ2) is 6.91. The maximum atomic E-state index is 10.7. The lowest BCUT2D eigenvalue weighted by molar-refractivity contribution is -0.384. The summed E-state index contributed by atoms with van der Waals surface area (Å²) >= 11 is 0. The summed E-state index contributed by atoms with van der Waals surface area (Å²) in [6.07, 6.45) is 2.95. The number of nitrogens with one attached hydrogen (secondary N) is 1. The molecule has 0 aliphatic heterocycles. The van der Waals surface area contributed by atoms with Gasteiger partial charge in [-0.1, -0.05) is 44.6 Å². The number of rotatable bonds is 6. The Balaban J connectivity index is 2.84. The monoisotopic (exact) mass is 248 g/mol. The van der Waals surface area contributed by atoms with Crippen LogP contribution in [-0.2, 0) is 0 Å². The number of nitrogens with zero attached hydrogens (tertiary/aromatic N) is 1. The standard InChI is InChI=1S/C14H20N2O2/c1-4-12(10-15-11(2)3)8-13-6-5-7-14(9-13)16(17)18/h5-9,11,15H,4,10H2,1-3H3. The number of nitro benzene ring substituents is 1. The van der Waals surface area contributed by atoms with E-state index < -0.39 is 0 Å². The molecular formula is C14H20N2O2. The summed E-state index contributed by atoms with van der Waals surface area (Å²) in [6, 6.07) is 7.15. The van der Waals surface area contributed by atoms with E-state index in [-0.39, 0.29) is 10.6 Å². The van der Waals surface area contributed by atoms with Crippen molar-refractivity contribution in [2.24, 2.45) is 0 Å². The molecule has 18 heavy (non-hydrogen) atoms. The fourth-order valence-corrected chi connectivity index (χ4v) is 1.58. The van der Waals surface area contributed by atoms with Crippen LogP contribution in [0.4, 0.5) is 5.69 Å². The largest absolute Gasteiger partial charge is 0.311 e. The van der Waals surface area contributed by atoms with Crippen molar-refractivity contribution in [2.45, 2.75) is 33.2 Å². The van der Waals surface area contributed by atoms with Crippen LogP contribution in [0.5, 0.6) is 0 Å². The summed E-state index contributed by atoms with van der Waals surface area (Å²) in [5.74, 6) is 0. The third-order valence-electron chi connectivity index (χ3n) is 2.64. The Morgan fingerprint density at radius 1 is 1.50 bits per heavy atom. The third-order valence-corrected chi connectivity index (χ3v) is 2.64. The molecule has 0 saturated heterocycles. The van der Waals surface area contributed by atoms with Crippen molar-refractivity contribution in [1.82, 2.24) is 5.32 Å². The first-order valence-electron chi connectivity index (χ1n) is 6.20. The minimum absolute atomic E-state index is 0.135. The Bertz CT molecular complexity index is 439. The van der Waals surface area contributed by atoms with Gasteiger partial charge in [0.2, 0.25) is 0 Å². The van der Waals surface area contributed by atoms with Gasteiger partial charge in [-0.05, 0) is 12.0 Å². The number of benzene rings is 1. The molecule has 0 bridgehead atoms. The van der Waals surface area contributed by atoms with Crippen LogP contribution in [0.15, 0.2) is 29.8 Å². The Kier molecular flexibility index (Phi) is 5.52. The predicted molar refractivity (Wildman–Crippen MR) is 74.5 cm³/mol. The summed E-state index contributed by atoms with van der Waals surface area (Å²) in [6.45, 7) is 7.10. The molecular weight excluding hydrogens is 228 g/mol. The summed E-state index contributed by atoms with van der Waals surface area (Å²) in [7, 11) is 0. The minimum atomic E-state index is -0.366. The normalized spacial score (nSPS) is 11.9. The molecule has 0 radical (unpaired) electrons. The van der Waals surface area contributed by atoms with Crippen LogP contribution >= 0.6 is 0 Å². The zero-order valence-electron chi connectivity index (χ0n) is 11.1. The molecule has 0 amide bonds. The van der Waals surface area contributed by atoms with E-state index in [2.05, 4.69) is 26.1 Å². The zero-order chi connectivity index (χ0) is 13.5. The molecule has 0 saturated carbocycles. The first-order valence-corrected chi connectivity index (χ1v) is 6.20. The van der Waals surface area contributed by atoms with Gasteiger partial charge in [0, 0.05) is 24.7 Å². The minimum Gasteiger partial charge on any atom is -0.311 e. The number of hydrogen-bond acceptors (Lipinski definition) is 3. The van der Waals surface area contributed by atoms with Crippen LogP contribution in [0.2, 0.25) is 0 Å². The van der Waals surface area contributed by atoms with Crippen LogP contribution in [0.25, 0.3) is 6.08 Å². The highest BCUT2D eigenvalue weighted by molar-refractivity contribution is 5.56.